The largest absolute Gasteiger partial charge is 0.465 e. The van der Waals surface area contributed by atoms with Crippen LogP contribution < -0.4 is 0 Å². The molecular formula is C20H22ClN3O4S. The van der Waals surface area contributed by atoms with Gasteiger partial charge in [0.1, 0.15) is 4.90 Å². The van der Waals surface area contributed by atoms with Crippen LogP contribution in [-0.4, -0.2) is 45.6 Å². The summed E-state index contributed by atoms with van der Waals surface area (Å²) in [5.41, 5.74) is 0.996. The molecule has 9 heteroatoms. The van der Waals surface area contributed by atoms with Crippen molar-refractivity contribution in [2.24, 2.45) is 0 Å². The number of aromatic nitrogens is 2. The topological polar surface area (TPSA) is 92.5 Å². The minimum Gasteiger partial charge on any atom is -0.465 e. The fourth-order valence-electron chi connectivity index (χ4n) is 3.19. The molecule has 1 aromatic carbocycles. The van der Waals surface area contributed by atoms with Crippen molar-refractivity contribution in [2.75, 3.05) is 6.54 Å². The molecule has 0 radical (unpaired) electrons. The first-order chi connectivity index (χ1) is 13.5. The van der Waals surface area contributed by atoms with Crippen molar-refractivity contribution in [3.63, 3.8) is 0 Å². The average Bonchev–Trinajstić information content (AvgIpc) is 3.00. The highest BCUT2D eigenvalue weighted by Gasteiger charge is 2.27. The van der Waals surface area contributed by atoms with Crippen molar-refractivity contribution in [3.8, 4) is 0 Å². The number of pyridine rings is 1. The predicted octanol–water partition coefficient (Wildman–Crippen LogP) is 4.25. The lowest BCUT2D eigenvalue weighted by Gasteiger charge is -2.33. The molecule has 7 nitrogen and oxygen atoms in total. The Bertz CT molecular complexity index is 1170. The van der Waals surface area contributed by atoms with E-state index in [1.807, 2.05) is 20.8 Å². The Morgan fingerprint density at radius 1 is 1.21 bits per heavy atom. The zero-order chi connectivity index (χ0) is 21.4. The molecule has 2 aromatic heterocycles. The fraction of sp³-hybridized carbons (Fsp3) is 0.300. The van der Waals surface area contributed by atoms with Crippen molar-refractivity contribution in [1.29, 1.82) is 0 Å². The summed E-state index contributed by atoms with van der Waals surface area (Å²) in [4.78, 5) is 17.3. The van der Waals surface area contributed by atoms with E-state index in [-0.39, 0.29) is 16.5 Å². The molecule has 1 amide bonds. The minimum absolute atomic E-state index is 0.00387. The Balaban J connectivity index is 2.07. The van der Waals surface area contributed by atoms with E-state index in [1.165, 1.54) is 23.2 Å². The third-order valence-corrected chi connectivity index (χ3v) is 6.79. The summed E-state index contributed by atoms with van der Waals surface area (Å²) in [6.45, 7) is 5.64. The van der Waals surface area contributed by atoms with Crippen molar-refractivity contribution >= 4 is 38.8 Å². The summed E-state index contributed by atoms with van der Waals surface area (Å²) in [6.07, 6.45) is 2.37. The molecule has 0 aliphatic carbocycles. The van der Waals surface area contributed by atoms with E-state index in [9.17, 15) is 18.3 Å². The second-order valence-corrected chi connectivity index (χ2v) is 9.80. The molecule has 0 unspecified atom stereocenters. The standard InChI is InChI=1S/C20H22ClN3O4S/c1-20(2,3)23(19(25)26)12-10-14-13-24(16-8-6-11-22-18(14)16)29(27,28)17-9-5-4-7-15(17)21/h4-9,11,13H,10,12H2,1-3H3,(H,25,26). The number of amides is 1. The summed E-state index contributed by atoms with van der Waals surface area (Å²) in [5.74, 6) is 0. The third-order valence-electron chi connectivity index (χ3n) is 4.62. The van der Waals surface area contributed by atoms with E-state index in [4.69, 9.17) is 11.6 Å². The predicted molar refractivity (Wildman–Crippen MR) is 112 cm³/mol. The van der Waals surface area contributed by atoms with Gasteiger partial charge in [0.15, 0.2) is 0 Å². The van der Waals surface area contributed by atoms with Gasteiger partial charge in [0.05, 0.1) is 16.1 Å². The number of nitrogens with zero attached hydrogens (tertiary/aromatic N) is 3. The lowest BCUT2D eigenvalue weighted by atomic mass is 10.1. The molecule has 0 bridgehead atoms. The lowest BCUT2D eigenvalue weighted by Crippen LogP contribution is -2.45. The van der Waals surface area contributed by atoms with Crippen LogP contribution in [0.1, 0.15) is 26.3 Å². The molecule has 0 atom stereocenters. The Kier molecular flexibility index (Phi) is 5.60. The molecule has 0 spiro atoms. The molecule has 2 heterocycles. The van der Waals surface area contributed by atoms with Gasteiger partial charge in [-0.1, -0.05) is 23.7 Å². The summed E-state index contributed by atoms with van der Waals surface area (Å²) in [7, 11) is -3.94. The van der Waals surface area contributed by atoms with Crippen LogP contribution in [0, 0.1) is 0 Å². The molecule has 29 heavy (non-hydrogen) atoms. The van der Waals surface area contributed by atoms with E-state index in [0.717, 1.165) is 3.97 Å². The molecule has 0 saturated heterocycles. The van der Waals surface area contributed by atoms with Crippen LogP contribution >= 0.6 is 11.6 Å². The zero-order valence-electron chi connectivity index (χ0n) is 16.3. The molecule has 3 rings (SSSR count). The Hall–Kier alpha value is -2.58. The second-order valence-electron chi connectivity index (χ2n) is 7.61. The van der Waals surface area contributed by atoms with Gasteiger partial charge in [0.2, 0.25) is 0 Å². The van der Waals surface area contributed by atoms with Gasteiger partial charge in [0.25, 0.3) is 10.0 Å². The Labute approximate surface area is 174 Å². The van der Waals surface area contributed by atoms with E-state index in [0.29, 0.717) is 23.0 Å². The fourth-order valence-corrected chi connectivity index (χ4v) is 5.06. The Morgan fingerprint density at radius 2 is 1.90 bits per heavy atom. The van der Waals surface area contributed by atoms with Gasteiger partial charge in [-0.05, 0) is 57.0 Å². The first-order valence-electron chi connectivity index (χ1n) is 8.99. The molecule has 0 fully saturated rings. The van der Waals surface area contributed by atoms with E-state index < -0.39 is 21.7 Å². The van der Waals surface area contributed by atoms with E-state index in [1.54, 1.807) is 30.5 Å². The maximum absolute atomic E-state index is 13.2. The number of rotatable bonds is 5. The molecule has 1 N–H and O–H groups in total. The van der Waals surface area contributed by atoms with Crippen molar-refractivity contribution in [2.45, 2.75) is 37.6 Å². The van der Waals surface area contributed by atoms with Crippen LogP contribution in [0.4, 0.5) is 4.79 Å². The maximum Gasteiger partial charge on any atom is 0.407 e. The lowest BCUT2D eigenvalue weighted by molar-refractivity contribution is 0.101. The monoisotopic (exact) mass is 435 g/mol. The van der Waals surface area contributed by atoms with Crippen LogP contribution in [0.5, 0.6) is 0 Å². The number of halogens is 1. The molecule has 0 aliphatic heterocycles. The van der Waals surface area contributed by atoms with Gasteiger partial charge in [0, 0.05) is 24.5 Å². The van der Waals surface area contributed by atoms with Gasteiger partial charge in [-0.25, -0.2) is 17.2 Å². The van der Waals surface area contributed by atoms with Crippen LogP contribution in [0.25, 0.3) is 11.0 Å². The van der Waals surface area contributed by atoms with Gasteiger partial charge in [-0.2, -0.15) is 0 Å². The van der Waals surface area contributed by atoms with Gasteiger partial charge in [-0.15, -0.1) is 0 Å². The smallest absolute Gasteiger partial charge is 0.407 e. The van der Waals surface area contributed by atoms with Crippen molar-refractivity contribution < 1.29 is 18.3 Å². The quantitative estimate of drug-likeness (QED) is 0.646. The van der Waals surface area contributed by atoms with Gasteiger partial charge >= 0.3 is 6.09 Å². The summed E-state index contributed by atoms with van der Waals surface area (Å²) >= 11 is 6.12. The molecule has 3 aromatic rings. The van der Waals surface area contributed by atoms with Crippen molar-refractivity contribution in [3.05, 3.63) is 59.4 Å². The zero-order valence-corrected chi connectivity index (χ0v) is 17.9. The van der Waals surface area contributed by atoms with Crippen LogP contribution in [0.2, 0.25) is 5.02 Å². The molecule has 0 aliphatic rings. The number of hydrogen-bond donors (Lipinski definition) is 1. The molecular weight excluding hydrogens is 414 g/mol. The average molecular weight is 436 g/mol. The van der Waals surface area contributed by atoms with Crippen LogP contribution in [0.15, 0.2) is 53.7 Å². The van der Waals surface area contributed by atoms with Gasteiger partial charge < -0.3 is 10.0 Å². The summed E-state index contributed by atoms with van der Waals surface area (Å²) in [6, 6.07) is 9.56. The van der Waals surface area contributed by atoms with Crippen LogP contribution in [0.3, 0.4) is 0 Å². The number of fused-ring (bicyclic) bond motifs is 1. The number of carboxylic acid groups (broad SMARTS) is 1. The maximum atomic E-state index is 13.2. The Morgan fingerprint density at radius 3 is 2.52 bits per heavy atom. The first kappa shape index (κ1) is 21.1. The SMILES string of the molecule is CC(C)(C)N(CCc1cn(S(=O)(=O)c2ccccc2Cl)c2cccnc12)C(=O)O. The summed E-state index contributed by atoms with van der Waals surface area (Å²) in [5, 5.41) is 9.64. The first-order valence-corrected chi connectivity index (χ1v) is 10.8. The van der Waals surface area contributed by atoms with Gasteiger partial charge in [-0.3, -0.25) is 4.98 Å². The normalized spacial score (nSPS) is 12.3. The van der Waals surface area contributed by atoms with Crippen molar-refractivity contribution in [1.82, 2.24) is 13.9 Å². The molecule has 154 valence electrons. The highest BCUT2D eigenvalue weighted by molar-refractivity contribution is 7.90. The number of carbonyl (C=O) groups is 1. The minimum atomic E-state index is -3.94. The van der Waals surface area contributed by atoms with E-state index >= 15 is 0 Å². The second kappa shape index (κ2) is 7.68. The third kappa shape index (κ3) is 4.09. The number of hydrogen-bond acceptors (Lipinski definition) is 4. The number of benzene rings is 1. The van der Waals surface area contributed by atoms with Crippen LogP contribution in [-0.2, 0) is 16.4 Å². The highest BCUT2D eigenvalue weighted by atomic mass is 35.5. The molecule has 0 saturated carbocycles. The highest BCUT2D eigenvalue weighted by Crippen LogP contribution is 2.28. The summed E-state index contributed by atoms with van der Waals surface area (Å²) < 4.78 is 27.6. The van der Waals surface area contributed by atoms with E-state index in [2.05, 4.69) is 4.98 Å².